The minimum absolute atomic E-state index is 0.155. The number of ketones is 1. The van der Waals surface area contributed by atoms with Crippen molar-refractivity contribution in [3.05, 3.63) is 70.0 Å². The summed E-state index contributed by atoms with van der Waals surface area (Å²) in [6.07, 6.45) is 0. The second-order valence-corrected chi connectivity index (χ2v) is 6.96. The van der Waals surface area contributed by atoms with Gasteiger partial charge >= 0.3 is 0 Å². The Hall–Kier alpha value is -2.54. The molecule has 7 heteroatoms. The molecule has 2 aromatic carbocycles. The number of nitrogens with zero attached hydrogens (tertiary/aromatic N) is 2. The summed E-state index contributed by atoms with van der Waals surface area (Å²) >= 11 is 1.04. The van der Waals surface area contributed by atoms with Gasteiger partial charge < -0.3 is 0 Å². The van der Waals surface area contributed by atoms with E-state index in [1.807, 2.05) is 13.8 Å². The summed E-state index contributed by atoms with van der Waals surface area (Å²) < 4.78 is 28.5. The van der Waals surface area contributed by atoms with Crippen LogP contribution in [0.15, 0.2) is 52.4 Å². The molecule has 0 bridgehead atoms. The largest absolute Gasteiger partial charge is 0.293 e. The predicted octanol–water partition coefficient (Wildman–Crippen LogP) is 4.23. The van der Waals surface area contributed by atoms with E-state index < -0.39 is 17.4 Å². The Morgan fingerprint density at radius 2 is 1.92 bits per heavy atom. The molecule has 0 spiro atoms. The van der Waals surface area contributed by atoms with E-state index >= 15 is 0 Å². The Balaban J connectivity index is 1.96. The number of thioether (sulfide) groups is 1. The lowest BCUT2D eigenvalue weighted by Crippen LogP contribution is -2.25. The summed E-state index contributed by atoms with van der Waals surface area (Å²) in [6.45, 7) is 3.69. The van der Waals surface area contributed by atoms with Crippen LogP contribution in [-0.2, 0) is 0 Å². The van der Waals surface area contributed by atoms with E-state index in [1.165, 1.54) is 4.57 Å². The van der Waals surface area contributed by atoms with Crippen molar-refractivity contribution in [1.29, 1.82) is 0 Å². The second kappa shape index (κ2) is 7.37. The summed E-state index contributed by atoms with van der Waals surface area (Å²) in [7, 11) is 0. The van der Waals surface area contributed by atoms with E-state index in [4.69, 9.17) is 0 Å². The summed E-state index contributed by atoms with van der Waals surface area (Å²) in [4.78, 5) is 29.5. The molecule has 0 saturated heterocycles. The first kappa shape index (κ1) is 18.3. The van der Waals surface area contributed by atoms with Gasteiger partial charge in [-0.1, -0.05) is 23.9 Å². The third-order valence-corrected chi connectivity index (χ3v) is 4.81. The molecule has 0 aliphatic heterocycles. The first-order valence-corrected chi connectivity index (χ1v) is 8.99. The molecule has 0 amide bonds. The number of Topliss-reactive ketones (excluding diaryl/α,β-unsaturated/α-hetero) is 1. The maximum atomic E-state index is 13.8. The number of para-hydroxylation sites is 1. The van der Waals surface area contributed by atoms with Crippen LogP contribution in [0.1, 0.15) is 30.2 Å². The van der Waals surface area contributed by atoms with Gasteiger partial charge in [-0.25, -0.2) is 13.8 Å². The fourth-order valence-corrected chi connectivity index (χ4v) is 3.61. The highest BCUT2D eigenvalue weighted by atomic mass is 32.2. The molecule has 0 aliphatic rings. The quantitative estimate of drug-likeness (QED) is 0.381. The van der Waals surface area contributed by atoms with Crippen molar-refractivity contribution in [2.75, 3.05) is 5.75 Å². The summed E-state index contributed by atoms with van der Waals surface area (Å²) in [5.41, 5.74) is 0.0236. The van der Waals surface area contributed by atoms with Crippen molar-refractivity contribution >= 4 is 28.4 Å². The fraction of sp³-hybridized carbons (Fsp3) is 0.211. The smallest absolute Gasteiger partial charge is 0.262 e. The van der Waals surface area contributed by atoms with E-state index in [-0.39, 0.29) is 22.9 Å². The molecule has 4 nitrogen and oxygen atoms in total. The van der Waals surface area contributed by atoms with E-state index in [2.05, 4.69) is 4.98 Å². The average molecular weight is 374 g/mol. The maximum Gasteiger partial charge on any atom is 0.262 e. The van der Waals surface area contributed by atoms with Gasteiger partial charge in [-0.05, 0) is 44.2 Å². The highest BCUT2D eigenvalue weighted by molar-refractivity contribution is 7.99. The lowest BCUT2D eigenvalue weighted by atomic mass is 10.1. The zero-order chi connectivity index (χ0) is 18.8. The molecule has 0 fully saturated rings. The summed E-state index contributed by atoms with van der Waals surface area (Å²) in [6, 6.07) is 9.55. The minimum Gasteiger partial charge on any atom is -0.293 e. The molecule has 0 saturated carbocycles. The standard InChI is InChI=1S/C19H16F2N2O2S/c1-11(2)23-18(25)13-5-3-4-6-16(13)22-19(23)26-10-17(24)14-9-12(20)7-8-15(14)21/h3-9,11H,10H2,1-2H3. The molecule has 0 radical (unpaired) electrons. The van der Waals surface area contributed by atoms with Gasteiger partial charge in [0, 0.05) is 6.04 Å². The number of carbonyl (C=O) groups excluding carboxylic acids is 1. The second-order valence-electron chi connectivity index (χ2n) is 6.02. The number of halogens is 2. The normalized spacial score (nSPS) is 11.3. The number of hydrogen-bond acceptors (Lipinski definition) is 4. The molecule has 0 unspecified atom stereocenters. The van der Waals surface area contributed by atoms with E-state index in [9.17, 15) is 18.4 Å². The number of fused-ring (bicyclic) bond motifs is 1. The van der Waals surface area contributed by atoms with Crippen LogP contribution in [0.3, 0.4) is 0 Å². The fourth-order valence-electron chi connectivity index (χ4n) is 2.60. The van der Waals surface area contributed by atoms with Crippen LogP contribution in [-0.4, -0.2) is 21.1 Å². The highest BCUT2D eigenvalue weighted by Gasteiger charge is 2.18. The zero-order valence-electron chi connectivity index (χ0n) is 14.2. The first-order valence-electron chi connectivity index (χ1n) is 8.01. The first-order chi connectivity index (χ1) is 12.4. The topological polar surface area (TPSA) is 52.0 Å². The molecule has 0 N–H and O–H groups in total. The van der Waals surface area contributed by atoms with Crippen LogP contribution in [0, 0.1) is 11.6 Å². The van der Waals surface area contributed by atoms with Crippen LogP contribution in [0.25, 0.3) is 10.9 Å². The van der Waals surface area contributed by atoms with Crippen LogP contribution in [0.5, 0.6) is 0 Å². The Bertz CT molecular complexity index is 1050. The van der Waals surface area contributed by atoms with Gasteiger partial charge in [0.05, 0.1) is 22.2 Å². The third-order valence-electron chi connectivity index (χ3n) is 3.85. The van der Waals surface area contributed by atoms with E-state index in [0.717, 1.165) is 30.0 Å². The van der Waals surface area contributed by atoms with Gasteiger partial charge in [0.1, 0.15) is 11.6 Å². The lowest BCUT2D eigenvalue weighted by molar-refractivity contribution is 0.101. The van der Waals surface area contributed by atoms with E-state index in [1.54, 1.807) is 24.3 Å². The van der Waals surface area contributed by atoms with Gasteiger partial charge in [0.15, 0.2) is 10.9 Å². The molecular formula is C19H16F2N2O2S. The van der Waals surface area contributed by atoms with E-state index in [0.29, 0.717) is 16.1 Å². The molecule has 0 aliphatic carbocycles. The summed E-state index contributed by atoms with van der Waals surface area (Å²) in [5, 5.41) is 0.863. The molecule has 3 rings (SSSR count). The van der Waals surface area contributed by atoms with Gasteiger partial charge in [-0.2, -0.15) is 0 Å². The van der Waals surface area contributed by atoms with Crippen LogP contribution in [0.2, 0.25) is 0 Å². The van der Waals surface area contributed by atoms with Crippen molar-refractivity contribution in [2.45, 2.75) is 25.0 Å². The van der Waals surface area contributed by atoms with Gasteiger partial charge in [-0.15, -0.1) is 0 Å². The van der Waals surface area contributed by atoms with Crippen molar-refractivity contribution in [3.63, 3.8) is 0 Å². The Labute approximate surface area is 152 Å². The number of carbonyl (C=O) groups is 1. The average Bonchev–Trinajstić information content (AvgIpc) is 2.61. The van der Waals surface area contributed by atoms with Crippen LogP contribution in [0.4, 0.5) is 8.78 Å². The molecule has 26 heavy (non-hydrogen) atoms. The number of rotatable bonds is 5. The summed E-state index contributed by atoms with van der Waals surface area (Å²) in [5.74, 6) is -2.17. The maximum absolute atomic E-state index is 13.8. The number of hydrogen-bond donors (Lipinski definition) is 0. The van der Waals surface area contributed by atoms with Crippen molar-refractivity contribution in [2.24, 2.45) is 0 Å². The molecule has 1 heterocycles. The molecule has 3 aromatic rings. The third kappa shape index (κ3) is 3.53. The number of aromatic nitrogens is 2. The zero-order valence-corrected chi connectivity index (χ0v) is 15.0. The van der Waals surface area contributed by atoms with Crippen LogP contribution >= 0.6 is 11.8 Å². The number of benzene rings is 2. The lowest BCUT2D eigenvalue weighted by Gasteiger charge is -2.16. The van der Waals surface area contributed by atoms with Crippen molar-refractivity contribution in [3.8, 4) is 0 Å². The monoisotopic (exact) mass is 374 g/mol. The van der Waals surface area contributed by atoms with Crippen molar-refractivity contribution < 1.29 is 13.6 Å². The van der Waals surface area contributed by atoms with Crippen LogP contribution < -0.4 is 5.56 Å². The molecule has 0 atom stereocenters. The Morgan fingerprint density at radius 3 is 2.65 bits per heavy atom. The van der Waals surface area contributed by atoms with Gasteiger partial charge in [0.25, 0.3) is 5.56 Å². The SMILES string of the molecule is CC(C)n1c(SCC(=O)c2cc(F)ccc2F)nc2ccccc2c1=O. The minimum atomic E-state index is -0.773. The molecular weight excluding hydrogens is 358 g/mol. The Kier molecular flexibility index (Phi) is 5.18. The van der Waals surface area contributed by atoms with Gasteiger partial charge in [0.2, 0.25) is 0 Å². The molecule has 134 valence electrons. The van der Waals surface area contributed by atoms with Crippen molar-refractivity contribution in [1.82, 2.24) is 9.55 Å². The Morgan fingerprint density at radius 1 is 1.19 bits per heavy atom. The highest BCUT2D eigenvalue weighted by Crippen LogP contribution is 2.22. The molecule has 1 aromatic heterocycles. The predicted molar refractivity (Wildman–Crippen MR) is 97.8 cm³/mol. The van der Waals surface area contributed by atoms with Gasteiger partial charge in [-0.3, -0.25) is 14.2 Å².